The van der Waals surface area contributed by atoms with Crippen LogP contribution in [0.15, 0.2) is 24.3 Å². The van der Waals surface area contributed by atoms with Crippen molar-refractivity contribution in [2.24, 2.45) is 0 Å². The zero-order valence-electron chi connectivity index (χ0n) is 9.89. The fourth-order valence-electron chi connectivity index (χ4n) is 2.46. The normalized spacial score (nSPS) is 14.9. The summed E-state index contributed by atoms with van der Waals surface area (Å²) in [5.41, 5.74) is 1.52. The van der Waals surface area contributed by atoms with E-state index in [-0.39, 0.29) is 5.91 Å². The summed E-state index contributed by atoms with van der Waals surface area (Å²) in [6, 6.07) is 7.44. The molecule has 0 unspecified atom stereocenters. The Balaban J connectivity index is 2.11. The molecule has 0 radical (unpaired) electrons. The van der Waals surface area contributed by atoms with Gasteiger partial charge in [0.15, 0.2) is 4.98 Å². The van der Waals surface area contributed by atoms with Crippen LogP contribution in [0.4, 0.5) is 5.69 Å². The molecule has 1 N–H and O–H groups in total. The van der Waals surface area contributed by atoms with E-state index in [9.17, 15) is 4.79 Å². The van der Waals surface area contributed by atoms with Crippen molar-refractivity contribution in [3.05, 3.63) is 34.9 Å². The molecule has 0 aliphatic carbocycles. The summed E-state index contributed by atoms with van der Waals surface area (Å²) in [7, 11) is 0. The monoisotopic (exact) mass is 241 g/mol. The van der Waals surface area contributed by atoms with Crippen molar-refractivity contribution in [3.63, 3.8) is 0 Å². The molecule has 2 aromatic rings. The lowest BCUT2D eigenvalue weighted by molar-refractivity contribution is 0.0789. The first-order chi connectivity index (χ1) is 8.81. The van der Waals surface area contributed by atoms with Gasteiger partial charge in [-0.3, -0.25) is 4.79 Å². The summed E-state index contributed by atoms with van der Waals surface area (Å²) >= 11 is 0. The second-order valence-electron chi connectivity index (χ2n) is 4.49. The largest absolute Gasteiger partial charge is 0.423 e. The second kappa shape index (κ2) is 4.15. The Morgan fingerprint density at radius 1 is 1.28 bits per heavy atom. The number of fused-ring (bicyclic) bond motifs is 1. The molecule has 0 saturated carbocycles. The number of aromatic nitrogens is 1. The van der Waals surface area contributed by atoms with Crippen LogP contribution < -0.4 is 0 Å². The summed E-state index contributed by atoms with van der Waals surface area (Å²) in [6.45, 7) is 1.55. The SMILES string of the molecule is N#[N+]c1c(C(=O)N2CCCC2)[nH]c2ccccc12. The van der Waals surface area contributed by atoms with Crippen LogP contribution in [0.5, 0.6) is 0 Å². The average Bonchev–Trinajstić information content (AvgIpc) is 3.04. The standard InChI is InChI=1S/C13H12N4O/c14-16-11-9-5-1-2-6-10(9)15-12(11)13(18)17-7-3-4-8-17/h1-2,5-6H,3-4,7-8H2/p+1. The van der Waals surface area contributed by atoms with Gasteiger partial charge in [-0.15, -0.1) is 0 Å². The van der Waals surface area contributed by atoms with E-state index in [1.807, 2.05) is 24.3 Å². The van der Waals surface area contributed by atoms with Crippen molar-refractivity contribution in [1.29, 1.82) is 5.39 Å². The van der Waals surface area contributed by atoms with Gasteiger partial charge in [-0.1, -0.05) is 12.1 Å². The van der Waals surface area contributed by atoms with E-state index in [0.717, 1.165) is 36.8 Å². The van der Waals surface area contributed by atoms with E-state index < -0.39 is 0 Å². The predicted molar refractivity (Wildman–Crippen MR) is 68.2 cm³/mol. The molecule has 1 aromatic heterocycles. The van der Waals surface area contributed by atoms with Crippen LogP contribution in [-0.2, 0) is 0 Å². The summed E-state index contributed by atoms with van der Waals surface area (Å²) < 4.78 is 0. The third kappa shape index (κ3) is 1.54. The molecule has 1 aliphatic rings. The van der Waals surface area contributed by atoms with Gasteiger partial charge in [-0.25, -0.2) is 0 Å². The molecule has 3 rings (SSSR count). The van der Waals surface area contributed by atoms with Crippen molar-refractivity contribution in [2.45, 2.75) is 12.8 Å². The number of benzene rings is 1. The van der Waals surface area contributed by atoms with Gasteiger partial charge >= 0.3 is 5.69 Å². The first-order valence-electron chi connectivity index (χ1n) is 6.06. The molecule has 1 amide bonds. The molecule has 2 heterocycles. The van der Waals surface area contributed by atoms with Crippen molar-refractivity contribution in [1.82, 2.24) is 9.88 Å². The molecular formula is C13H13N4O+. The number of hydrogen-bond acceptors (Lipinski definition) is 2. The van der Waals surface area contributed by atoms with Crippen LogP contribution in [0.3, 0.4) is 0 Å². The summed E-state index contributed by atoms with van der Waals surface area (Å²) in [6.07, 6.45) is 2.08. The van der Waals surface area contributed by atoms with Crippen LogP contribution in [0.25, 0.3) is 15.9 Å². The molecule has 1 fully saturated rings. The molecule has 0 atom stereocenters. The number of H-pyrrole nitrogens is 1. The lowest BCUT2D eigenvalue weighted by atomic mass is 10.2. The number of amides is 1. The summed E-state index contributed by atoms with van der Waals surface area (Å²) in [4.78, 5) is 20.4. The molecule has 5 heteroatoms. The summed E-state index contributed by atoms with van der Waals surface area (Å²) in [5, 5.41) is 9.90. The molecule has 1 aromatic carbocycles. The van der Waals surface area contributed by atoms with Gasteiger partial charge in [-0.05, 0) is 25.0 Å². The topological polar surface area (TPSA) is 64.2 Å². The van der Waals surface area contributed by atoms with Gasteiger partial charge in [0.2, 0.25) is 11.1 Å². The zero-order valence-corrected chi connectivity index (χ0v) is 9.89. The molecule has 18 heavy (non-hydrogen) atoms. The number of aromatic amines is 1. The van der Waals surface area contributed by atoms with Gasteiger partial charge in [-0.2, -0.15) is 0 Å². The quantitative estimate of drug-likeness (QED) is 0.780. The minimum atomic E-state index is -0.0866. The van der Waals surface area contributed by atoms with Gasteiger partial charge in [0.25, 0.3) is 5.91 Å². The number of rotatable bonds is 1. The molecule has 90 valence electrons. The maximum absolute atomic E-state index is 12.3. The van der Waals surface area contributed by atoms with Crippen molar-refractivity contribution < 1.29 is 4.79 Å². The number of nitrogens with zero attached hydrogens (tertiary/aromatic N) is 3. The maximum atomic E-state index is 12.3. The molecule has 5 nitrogen and oxygen atoms in total. The van der Waals surface area contributed by atoms with E-state index in [2.05, 4.69) is 9.96 Å². The first kappa shape index (κ1) is 10.8. The Hall–Kier alpha value is -2.35. The second-order valence-corrected chi connectivity index (χ2v) is 4.49. The van der Waals surface area contributed by atoms with Crippen molar-refractivity contribution >= 4 is 22.5 Å². The lowest BCUT2D eigenvalue weighted by Crippen LogP contribution is -2.27. The number of para-hydroxylation sites is 1. The zero-order chi connectivity index (χ0) is 12.5. The molecular weight excluding hydrogens is 228 g/mol. The Morgan fingerprint density at radius 2 is 2.00 bits per heavy atom. The minimum absolute atomic E-state index is 0.0866. The van der Waals surface area contributed by atoms with Gasteiger partial charge < -0.3 is 9.88 Å². The fraction of sp³-hybridized carbons (Fsp3) is 0.308. The number of nitrogens with one attached hydrogen (secondary N) is 1. The Labute approximate surface area is 104 Å². The molecule has 1 aliphatic heterocycles. The minimum Gasteiger partial charge on any atom is -0.344 e. The molecule has 1 saturated heterocycles. The smallest absolute Gasteiger partial charge is 0.344 e. The molecule has 0 bridgehead atoms. The number of carbonyl (C=O) groups is 1. The third-order valence-corrected chi connectivity index (χ3v) is 3.39. The van der Waals surface area contributed by atoms with E-state index in [0.29, 0.717) is 11.4 Å². The number of likely N-dealkylation sites (tertiary alicyclic amines) is 1. The Bertz CT molecular complexity index is 647. The Morgan fingerprint density at radius 3 is 2.72 bits per heavy atom. The van der Waals surface area contributed by atoms with Crippen molar-refractivity contribution in [2.75, 3.05) is 13.1 Å². The lowest BCUT2D eigenvalue weighted by Gasteiger charge is -2.12. The van der Waals surface area contributed by atoms with Crippen LogP contribution in [0, 0.1) is 5.39 Å². The van der Waals surface area contributed by atoms with Crippen LogP contribution in [0.2, 0.25) is 0 Å². The maximum Gasteiger partial charge on any atom is 0.423 e. The van der Waals surface area contributed by atoms with E-state index in [1.54, 1.807) is 4.90 Å². The highest BCUT2D eigenvalue weighted by atomic mass is 16.2. The third-order valence-electron chi connectivity index (χ3n) is 3.39. The average molecular weight is 241 g/mol. The van der Waals surface area contributed by atoms with Crippen molar-refractivity contribution in [3.8, 4) is 0 Å². The molecule has 0 spiro atoms. The number of carbonyl (C=O) groups excluding carboxylic acids is 1. The highest BCUT2D eigenvalue weighted by molar-refractivity contribution is 6.08. The Kier molecular flexibility index (Phi) is 2.49. The van der Waals surface area contributed by atoms with Gasteiger partial charge in [0.05, 0.1) is 10.9 Å². The number of hydrogen-bond donors (Lipinski definition) is 1. The van der Waals surface area contributed by atoms with Gasteiger partial charge in [0, 0.05) is 13.1 Å². The number of diazo groups is 1. The fourth-order valence-corrected chi connectivity index (χ4v) is 2.46. The van der Waals surface area contributed by atoms with Crippen LogP contribution >= 0.6 is 0 Å². The van der Waals surface area contributed by atoms with Gasteiger partial charge in [0.1, 0.15) is 0 Å². The highest BCUT2D eigenvalue weighted by Gasteiger charge is 2.31. The predicted octanol–water partition coefficient (Wildman–Crippen LogP) is 2.89. The summed E-state index contributed by atoms with van der Waals surface area (Å²) in [5.74, 6) is -0.0866. The van der Waals surface area contributed by atoms with Crippen LogP contribution in [0.1, 0.15) is 23.3 Å². The van der Waals surface area contributed by atoms with Crippen LogP contribution in [-0.4, -0.2) is 28.9 Å². The van der Waals surface area contributed by atoms with E-state index in [1.165, 1.54) is 0 Å². The first-order valence-corrected chi connectivity index (χ1v) is 6.06. The highest BCUT2D eigenvalue weighted by Crippen LogP contribution is 2.31. The van der Waals surface area contributed by atoms with E-state index in [4.69, 9.17) is 5.39 Å². The van der Waals surface area contributed by atoms with E-state index >= 15 is 0 Å².